The lowest BCUT2D eigenvalue weighted by molar-refractivity contribution is 0.0696. The van der Waals surface area contributed by atoms with E-state index < -0.39 is 5.97 Å². The third-order valence-corrected chi connectivity index (χ3v) is 3.22. The van der Waals surface area contributed by atoms with Gasteiger partial charge in [0.2, 0.25) is 0 Å². The predicted molar refractivity (Wildman–Crippen MR) is 68.3 cm³/mol. The molecular weight excluding hydrogens is 250 g/mol. The molecule has 92 valence electrons. The van der Waals surface area contributed by atoms with E-state index in [0.717, 1.165) is 15.7 Å². The van der Waals surface area contributed by atoms with Crippen molar-refractivity contribution in [3.63, 3.8) is 0 Å². The molecule has 1 aromatic heterocycles. The van der Waals surface area contributed by atoms with Crippen LogP contribution >= 0.6 is 11.8 Å². The molecule has 2 aromatic rings. The average Bonchev–Trinajstić information content (AvgIpc) is 2.40. The number of carboxylic acids is 1. The number of carboxylic acid groups (broad SMARTS) is 1. The number of nitrogens with zero attached hydrogens (tertiary/aromatic N) is 1. The smallest absolute Gasteiger partial charge is 0.337 e. The maximum Gasteiger partial charge on any atom is 0.337 e. The van der Waals surface area contributed by atoms with Crippen LogP contribution in [0, 0.1) is 0 Å². The Balaban J connectivity index is 2.10. The summed E-state index contributed by atoms with van der Waals surface area (Å²) < 4.78 is 5.07. The van der Waals surface area contributed by atoms with Gasteiger partial charge in [-0.3, -0.25) is 0 Å². The molecule has 0 saturated carbocycles. The first-order valence-corrected chi connectivity index (χ1v) is 6.02. The van der Waals surface area contributed by atoms with E-state index >= 15 is 0 Å². The van der Waals surface area contributed by atoms with Gasteiger partial charge in [0.05, 0.1) is 12.7 Å². The zero-order valence-electron chi connectivity index (χ0n) is 9.66. The third kappa shape index (κ3) is 3.01. The maximum absolute atomic E-state index is 10.7. The fraction of sp³-hybridized carbons (Fsp3) is 0.0769. The van der Waals surface area contributed by atoms with E-state index in [1.807, 2.05) is 24.3 Å². The molecule has 18 heavy (non-hydrogen) atoms. The van der Waals surface area contributed by atoms with Crippen molar-refractivity contribution in [2.75, 3.05) is 7.11 Å². The van der Waals surface area contributed by atoms with Crippen LogP contribution in [0.2, 0.25) is 0 Å². The maximum atomic E-state index is 10.7. The molecule has 0 spiro atoms. The number of aromatic nitrogens is 1. The molecule has 0 radical (unpaired) electrons. The normalized spacial score (nSPS) is 10.1. The number of hydrogen-bond donors (Lipinski definition) is 1. The Morgan fingerprint density at radius 3 is 2.44 bits per heavy atom. The highest BCUT2D eigenvalue weighted by Crippen LogP contribution is 2.27. The molecule has 2 rings (SSSR count). The number of rotatable bonds is 4. The molecule has 1 heterocycles. The molecule has 0 aliphatic heterocycles. The number of methoxy groups -OCH3 is 1. The fourth-order valence-corrected chi connectivity index (χ4v) is 2.09. The highest BCUT2D eigenvalue weighted by molar-refractivity contribution is 7.99. The minimum atomic E-state index is -0.969. The van der Waals surface area contributed by atoms with Crippen molar-refractivity contribution in [1.82, 2.24) is 4.98 Å². The van der Waals surface area contributed by atoms with Crippen molar-refractivity contribution in [2.45, 2.75) is 9.92 Å². The molecule has 0 amide bonds. The Bertz CT molecular complexity index is 537. The Kier molecular flexibility index (Phi) is 3.84. The molecular formula is C13H11NO3S. The fourth-order valence-electron chi connectivity index (χ4n) is 1.33. The van der Waals surface area contributed by atoms with Gasteiger partial charge in [0.1, 0.15) is 10.8 Å². The van der Waals surface area contributed by atoms with Gasteiger partial charge in [-0.15, -0.1) is 0 Å². The second kappa shape index (κ2) is 5.55. The van der Waals surface area contributed by atoms with Crippen LogP contribution in [0.25, 0.3) is 0 Å². The topological polar surface area (TPSA) is 59.4 Å². The lowest BCUT2D eigenvalue weighted by Gasteiger charge is -2.03. The minimum Gasteiger partial charge on any atom is -0.497 e. The summed E-state index contributed by atoms with van der Waals surface area (Å²) in [7, 11) is 1.62. The van der Waals surface area contributed by atoms with E-state index in [2.05, 4.69) is 4.98 Å². The van der Waals surface area contributed by atoms with Crippen molar-refractivity contribution >= 4 is 17.7 Å². The molecule has 0 unspecified atom stereocenters. The molecule has 0 atom stereocenters. The van der Waals surface area contributed by atoms with Gasteiger partial charge in [-0.05, 0) is 36.4 Å². The van der Waals surface area contributed by atoms with Crippen LogP contribution in [0.4, 0.5) is 0 Å². The number of pyridine rings is 1. The van der Waals surface area contributed by atoms with Crippen molar-refractivity contribution in [3.8, 4) is 5.75 Å². The van der Waals surface area contributed by atoms with Gasteiger partial charge in [-0.1, -0.05) is 11.8 Å². The summed E-state index contributed by atoms with van der Waals surface area (Å²) in [4.78, 5) is 15.8. The van der Waals surface area contributed by atoms with Gasteiger partial charge in [0.15, 0.2) is 0 Å². The molecule has 0 saturated heterocycles. The second-order valence-electron chi connectivity index (χ2n) is 3.47. The largest absolute Gasteiger partial charge is 0.497 e. The van der Waals surface area contributed by atoms with E-state index in [0.29, 0.717) is 0 Å². The monoisotopic (exact) mass is 261 g/mol. The van der Waals surface area contributed by atoms with E-state index in [9.17, 15) is 4.79 Å². The van der Waals surface area contributed by atoms with Gasteiger partial charge in [-0.2, -0.15) is 0 Å². The van der Waals surface area contributed by atoms with Gasteiger partial charge in [-0.25, -0.2) is 9.78 Å². The number of hydrogen-bond acceptors (Lipinski definition) is 4. The molecule has 0 aliphatic rings. The van der Waals surface area contributed by atoms with Crippen LogP contribution in [0.5, 0.6) is 5.75 Å². The SMILES string of the molecule is COc1ccc(Sc2ccc(C(=O)O)cn2)cc1. The Hall–Kier alpha value is -2.01. The third-order valence-electron chi connectivity index (χ3n) is 2.27. The van der Waals surface area contributed by atoms with Crippen LogP contribution in [0.1, 0.15) is 10.4 Å². The summed E-state index contributed by atoms with van der Waals surface area (Å²) in [6, 6.07) is 10.8. The highest BCUT2D eigenvalue weighted by Gasteiger charge is 2.04. The van der Waals surface area contributed by atoms with Gasteiger partial charge >= 0.3 is 5.97 Å². The summed E-state index contributed by atoms with van der Waals surface area (Å²) >= 11 is 1.47. The van der Waals surface area contributed by atoms with Crippen LogP contribution < -0.4 is 4.74 Å². The second-order valence-corrected chi connectivity index (χ2v) is 4.56. The lowest BCUT2D eigenvalue weighted by Crippen LogP contribution is -1.96. The van der Waals surface area contributed by atoms with Crippen molar-refractivity contribution < 1.29 is 14.6 Å². The lowest BCUT2D eigenvalue weighted by atomic mass is 10.3. The van der Waals surface area contributed by atoms with Crippen molar-refractivity contribution in [2.24, 2.45) is 0 Å². The van der Waals surface area contributed by atoms with Gasteiger partial charge in [0, 0.05) is 11.1 Å². The Morgan fingerprint density at radius 1 is 1.22 bits per heavy atom. The van der Waals surface area contributed by atoms with Crippen molar-refractivity contribution in [1.29, 1.82) is 0 Å². The predicted octanol–water partition coefficient (Wildman–Crippen LogP) is 2.94. The number of aromatic carboxylic acids is 1. The summed E-state index contributed by atoms with van der Waals surface area (Å²) in [6.07, 6.45) is 1.36. The standard InChI is InChI=1S/C13H11NO3S/c1-17-10-3-5-11(6-4-10)18-12-7-2-9(8-14-12)13(15)16/h2-8H,1H3,(H,15,16). The molecule has 0 aliphatic carbocycles. The summed E-state index contributed by atoms with van der Waals surface area (Å²) in [5.41, 5.74) is 0.189. The number of ether oxygens (including phenoxy) is 1. The quantitative estimate of drug-likeness (QED) is 0.917. The minimum absolute atomic E-state index is 0.189. The van der Waals surface area contributed by atoms with Crippen LogP contribution in [0.3, 0.4) is 0 Å². The number of carbonyl (C=O) groups is 1. The van der Waals surface area contributed by atoms with Gasteiger partial charge < -0.3 is 9.84 Å². The van der Waals surface area contributed by atoms with E-state index in [1.54, 1.807) is 19.2 Å². The highest BCUT2D eigenvalue weighted by atomic mass is 32.2. The summed E-state index contributed by atoms with van der Waals surface area (Å²) in [5, 5.41) is 9.52. The van der Waals surface area contributed by atoms with E-state index in [1.165, 1.54) is 18.0 Å². The van der Waals surface area contributed by atoms with Crippen molar-refractivity contribution in [3.05, 3.63) is 48.2 Å². The molecule has 1 N–H and O–H groups in total. The zero-order valence-corrected chi connectivity index (χ0v) is 10.5. The van der Waals surface area contributed by atoms with Crippen LogP contribution in [0.15, 0.2) is 52.5 Å². The summed E-state index contributed by atoms with van der Waals surface area (Å²) in [5.74, 6) is -0.169. The molecule has 4 nitrogen and oxygen atoms in total. The first-order chi connectivity index (χ1) is 8.69. The summed E-state index contributed by atoms with van der Waals surface area (Å²) in [6.45, 7) is 0. The van der Waals surface area contributed by atoms with E-state index in [4.69, 9.17) is 9.84 Å². The Morgan fingerprint density at radius 2 is 1.94 bits per heavy atom. The van der Waals surface area contributed by atoms with Gasteiger partial charge in [0.25, 0.3) is 0 Å². The molecule has 5 heteroatoms. The molecule has 0 bridgehead atoms. The zero-order chi connectivity index (χ0) is 13.0. The van der Waals surface area contributed by atoms with Crippen LogP contribution in [-0.2, 0) is 0 Å². The average molecular weight is 261 g/mol. The number of benzene rings is 1. The molecule has 1 aromatic carbocycles. The van der Waals surface area contributed by atoms with E-state index in [-0.39, 0.29) is 5.56 Å². The first-order valence-electron chi connectivity index (χ1n) is 5.20. The van der Waals surface area contributed by atoms with Crippen LogP contribution in [-0.4, -0.2) is 23.2 Å². The molecule has 0 fully saturated rings. The first kappa shape index (κ1) is 12.4. The Labute approximate surface area is 109 Å².